The van der Waals surface area contributed by atoms with Crippen LogP contribution >= 0.6 is 23.2 Å². The molecule has 0 heterocycles. The van der Waals surface area contributed by atoms with Crippen LogP contribution in [0.2, 0.25) is 10.0 Å². The van der Waals surface area contributed by atoms with Crippen LogP contribution in [0.3, 0.4) is 0 Å². The minimum Gasteiger partial charge on any atom is -0.303 e. The van der Waals surface area contributed by atoms with Crippen LogP contribution in [-0.2, 0) is 4.79 Å². The zero-order valence-corrected chi connectivity index (χ0v) is 8.35. The summed E-state index contributed by atoms with van der Waals surface area (Å²) >= 11 is 11.7. The molecule has 0 saturated heterocycles. The summed E-state index contributed by atoms with van der Waals surface area (Å²) in [5.74, 6) is 0.487. The first-order chi connectivity index (χ1) is 6.22. The highest BCUT2D eigenvalue weighted by atomic mass is 35.5. The summed E-state index contributed by atoms with van der Waals surface area (Å²) < 4.78 is 0. The second-order valence-corrected chi connectivity index (χ2v) is 4.15. The lowest BCUT2D eigenvalue weighted by Crippen LogP contribution is -1.85. The van der Waals surface area contributed by atoms with Crippen molar-refractivity contribution in [3.05, 3.63) is 33.8 Å². The molecule has 2 unspecified atom stereocenters. The Morgan fingerprint density at radius 1 is 1.38 bits per heavy atom. The largest absolute Gasteiger partial charge is 0.303 e. The van der Waals surface area contributed by atoms with Gasteiger partial charge in [-0.05, 0) is 30.0 Å². The van der Waals surface area contributed by atoms with Gasteiger partial charge in [0.15, 0.2) is 0 Å². The summed E-state index contributed by atoms with van der Waals surface area (Å²) in [6.45, 7) is 0. The highest BCUT2D eigenvalue weighted by molar-refractivity contribution is 6.35. The van der Waals surface area contributed by atoms with Crippen molar-refractivity contribution in [2.45, 2.75) is 12.3 Å². The van der Waals surface area contributed by atoms with E-state index in [-0.39, 0.29) is 5.92 Å². The SMILES string of the molecule is O=CC1CC1c1ccc(Cl)cc1Cl. The summed E-state index contributed by atoms with van der Waals surface area (Å²) in [5.41, 5.74) is 1.04. The standard InChI is InChI=1S/C10H8Cl2O/c11-7-1-2-8(10(12)4-7)9-3-6(9)5-13/h1-2,4-6,9H,3H2. The molecule has 1 aliphatic carbocycles. The normalized spacial score (nSPS) is 25.7. The van der Waals surface area contributed by atoms with E-state index in [1.807, 2.05) is 12.1 Å². The van der Waals surface area contributed by atoms with Crippen LogP contribution in [0.15, 0.2) is 18.2 Å². The van der Waals surface area contributed by atoms with Crippen LogP contribution in [0, 0.1) is 5.92 Å². The van der Waals surface area contributed by atoms with E-state index in [4.69, 9.17) is 23.2 Å². The maximum Gasteiger partial charge on any atom is 0.123 e. The van der Waals surface area contributed by atoms with Crippen molar-refractivity contribution >= 4 is 29.5 Å². The topological polar surface area (TPSA) is 17.1 Å². The Kier molecular flexibility index (Phi) is 2.31. The summed E-state index contributed by atoms with van der Waals surface area (Å²) in [4.78, 5) is 10.5. The van der Waals surface area contributed by atoms with E-state index in [9.17, 15) is 4.79 Å². The fraction of sp³-hybridized carbons (Fsp3) is 0.300. The third kappa shape index (κ3) is 1.72. The molecule has 1 fully saturated rings. The van der Waals surface area contributed by atoms with E-state index in [0.717, 1.165) is 18.3 Å². The lowest BCUT2D eigenvalue weighted by molar-refractivity contribution is -0.108. The van der Waals surface area contributed by atoms with E-state index in [0.29, 0.717) is 16.0 Å². The minimum atomic E-state index is 0.165. The van der Waals surface area contributed by atoms with Gasteiger partial charge in [0, 0.05) is 16.0 Å². The number of hydrogen-bond acceptors (Lipinski definition) is 1. The van der Waals surface area contributed by atoms with Crippen molar-refractivity contribution in [2.75, 3.05) is 0 Å². The summed E-state index contributed by atoms with van der Waals surface area (Å²) in [6.07, 6.45) is 1.92. The Bertz CT molecular complexity index is 349. The first kappa shape index (κ1) is 9.04. The molecule has 0 radical (unpaired) electrons. The zero-order chi connectivity index (χ0) is 9.42. The number of benzene rings is 1. The van der Waals surface area contributed by atoms with E-state index >= 15 is 0 Å². The van der Waals surface area contributed by atoms with Crippen LogP contribution < -0.4 is 0 Å². The third-order valence-electron chi connectivity index (χ3n) is 2.38. The molecule has 3 heteroatoms. The Balaban J connectivity index is 2.27. The van der Waals surface area contributed by atoms with Gasteiger partial charge in [-0.1, -0.05) is 29.3 Å². The van der Waals surface area contributed by atoms with Gasteiger partial charge in [0.2, 0.25) is 0 Å². The van der Waals surface area contributed by atoms with Gasteiger partial charge in [0.25, 0.3) is 0 Å². The van der Waals surface area contributed by atoms with Crippen LogP contribution in [0.25, 0.3) is 0 Å². The Morgan fingerprint density at radius 3 is 2.69 bits per heavy atom. The van der Waals surface area contributed by atoms with E-state index in [1.54, 1.807) is 6.07 Å². The number of carbonyl (C=O) groups is 1. The fourth-order valence-corrected chi connectivity index (χ4v) is 2.07. The molecular weight excluding hydrogens is 207 g/mol. The molecule has 13 heavy (non-hydrogen) atoms. The molecule has 0 amide bonds. The monoisotopic (exact) mass is 214 g/mol. The molecule has 0 bridgehead atoms. The van der Waals surface area contributed by atoms with Crippen molar-refractivity contribution in [1.82, 2.24) is 0 Å². The molecule has 1 aromatic rings. The van der Waals surface area contributed by atoms with Crippen molar-refractivity contribution in [2.24, 2.45) is 5.92 Å². The molecule has 68 valence electrons. The highest BCUT2D eigenvalue weighted by Crippen LogP contribution is 2.48. The number of hydrogen-bond donors (Lipinski definition) is 0. The van der Waals surface area contributed by atoms with Gasteiger partial charge >= 0.3 is 0 Å². The molecule has 2 rings (SSSR count). The maximum absolute atomic E-state index is 10.5. The summed E-state index contributed by atoms with van der Waals surface area (Å²) in [7, 11) is 0. The number of halogens is 2. The molecule has 1 aromatic carbocycles. The van der Waals surface area contributed by atoms with Gasteiger partial charge in [-0.3, -0.25) is 0 Å². The van der Waals surface area contributed by atoms with E-state index in [1.165, 1.54) is 0 Å². The molecule has 1 saturated carbocycles. The zero-order valence-electron chi connectivity index (χ0n) is 6.84. The van der Waals surface area contributed by atoms with Gasteiger partial charge in [0.1, 0.15) is 6.29 Å². The minimum absolute atomic E-state index is 0.165. The Labute approximate surface area is 86.7 Å². The lowest BCUT2D eigenvalue weighted by atomic mass is 10.1. The van der Waals surface area contributed by atoms with Crippen molar-refractivity contribution in [3.63, 3.8) is 0 Å². The summed E-state index contributed by atoms with van der Waals surface area (Å²) in [6, 6.07) is 5.43. The van der Waals surface area contributed by atoms with Gasteiger partial charge < -0.3 is 4.79 Å². The quantitative estimate of drug-likeness (QED) is 0.691. The van der Waals surface area contributed by atoms with Crippen molar-refractivity contribution < 1.29 is 4.79 Å². The number of carbonyl (C=O) groups excluding carboxylic acids is 1. The van der Waals surface area contributed by atoms with Crippen LogP contribution in [-0.4, -0.2) is 6.29 Å². The first-order valence-electron chi connectivity index (χ1n) is 4.12. The maximum atomic E-state index is 10.5. The van der Waals surface area contributed by atoms with Crippen LogP contribution in [0.4, 0.5) is 0 Å². The number of rotatable bonds is 2. The molecule has 0 aromatic heterocycles. The van der Waals surface area contributed by atoms with Crippen molar-refractivity contribution in [1.29, 1.82) is 0 Å². The third-order valence-corrected chi connectivity index (χ3v) is 2.94. The second kappa shape index (κ2) is 3.32. The van der Waals surface area contributed by atoms with E-state index < -0.39 is 0 Å². The fourth-order valence-electron chi connectivity index (χ4n) is 1.52. The highest BCUT2D eigenvalue weighted by Gasteiger charge is 2.39. The smallest absolute Gasteiger partial charge is 0.123 e. The second-order valence-electron chi connectivity index (χ2n) is 3.31. The van der Waals surface area contributed by atoms with Gasteiger partial charge in [-0.25, -0.2) is 0 Å². The Hall–Kier alpha value is -0.530. The van der Waals surface area contributed by atoms with Gasteiger partial charge in [-0.15, -0.1) is 0 Å². The average Bonchev–Trinajstić information content (AvgIpc) is 2.83. The first-order valence-corrected chi connectivity index (χ1v) is 4.88. The lowest BCUT2D eigenvalue weighted by Gasteiger charge is -2.01. The molecule has 1 aliphatic rings. The molecule has 2 atom stereocenters. The van der Waals surface area contributed by atoms with Crippen LogP contribution in [0.1, 0.15) is 17.9 Å². The Morgan fingerprint density at radius 2 is 2.15 bits per heavy atom. The molecular formula is C10H8Cl2O. The number of aldehydes is 1. The molecule has 0 spiro atoms. The van der Waals surface area contributed by atoms with Crippen molar-refractivity contribution in [3.8, 4) is 0 Å². The van der Waals surface area contributed by atoms with E-state index in [2.05, 4.69) is 0 Å². The molecule has 0 N–H and O–H groups in total. The molecule has 0 aliphatic heterocycles. The van der Waals surface area contributed by atoms with Gasteiger partial charge in [0.05, 0.1) is 0 Å². The average molecular weight is 215 g/mol. The van der Waals surface area contributed by atoms with Crippen LogP contribution in [0.5, 0.6) is 0 Å². The summed E-state index contributed by atoms with van der Waals surface area (Å²) in [5, 5.41) is 1.30. The predicted molar refractivity (Wildman–Crippen MR) is 53.4 cm³/mol. The van der Waals surface area contributed by atoms with Gasteiger partial charge in [-0.2, -0.15) is 0 Å². The predicted octanol–water partition coefficient (Wildman–Crippen LogP) is 3.30. The molecule has 1 nitrogen and oxygen atoms in total.